The van der Waals surface area contributed by atoms with Gasteiger partial charge in [0.25, 0.3) is 10.0 Å². The van der Waals surface area contributed by atoms with Gasteiger partial charge in [0.2, 0.25) is 0 Å². The second-order valence-electron chi connectivity index (χ2n) is 6.41. The summed E-state index contributed by atoms with van der Waals surface area (Å²) < 4.78 is 28.3. The van der Waals surface area contributed by atoms with Gasteiger partial charge in [-0.25, -0.2) is 13.4 Å². The van der Waals surface area contributed by atoms with Crippen LogP contribution in [0.4, 0.5) is 5.69 Å². The van der Waals surface area contributed by atoms with E-state index in [0.29, 0.717) is 22.2 Å². The quantitative estimate of drug-likeness (QED) is 0.539. The lowest BCUT2D eigenvalue weighted by Crippen LogP contribution is -2.12. The van der Waals surface area contributed by atoms with Crippen LogP contribution in [-0.2, 0) is 16.4 Å². The number of aromatic nitrogens is 1. The van der Waals surface area contributed by atoms with Crippen LogP contribution in [0.3, 0.4) is 0 Å². The van der Waals surface area contributed by atoms with Gasteiger partial charge >= 0.3 is 0 Å². The highest BCUT2D eigenvalue weighted by molar-refractivity contribution is 7.94. The number of benzene rings is 1. The molecule has 1 N–H and O–H groups in total. The molecule has 8 heteroatoms. The molecule has 0 unspecified atom stereocenters. The maximum absolute atomic E-state index is 12.7. The van der Waals surface area contributed by atoms with Crippen LogP contribution in [-0.4, -0.2) is 13.4 Å². The number of thiazole rings is 1. The van der Waals surface area contributed by atoms with Crippen molar-refractivity contribution in [1.82, 2.24) is 4.98 Å². The fraction of sp³-hybridized carbons (Fsp3) is 0.278. The van der Waals surface area contributed by atoms with Gasteiger partial charge in [0.15, 0.2) is 0 Å². The van der Waals surface area contributed by atoms with Crippen LogP contribution in [0, 0.1) is 12.8 Å². The standard InChI is InChI=1S/C18H19ClN2O2S3/c1-11(2)7-14-10-25-18(20-14)13-8-17(24-9-13)26(22,23)21-16-6-4-5-15(19)12(16)3/h4-6,8-11,21H,7H2,1-3H3. The van der Waals surface area contributed by atoms with E-state index in [2.05, 4.69) is 23.6 Å². The number of nitrogens with zero attached hydrogens (tertiary/aromatic N) is 1. The van der Waals surface area contributed by atoms with Crippen molar-refractivity contribution in [2.75, 3.05) is 4.72 Å². The largest absolute Gasteiger partial charge is 0.279 e. The molecule has 0 saturated carbocycles. The number of sulfonamides is 1. The third kappa shape index (κ3) is 4.28. The minimum absolute atomic E-state index is 0.257. The van der Waals surface area contributed by atoms with Crippen molar-refractivity contribution in [3.63, 3.8) is 0 Å². The van der Waals surface area contributed by atoms with Gasteiger partial charge in [0.05, 0.1) is 11.4 Å². The van der Waals surface area contributed by atoms with Gasteiger partial charge in [-0.2, -0.15) is 0 Å². The molecule has 3 rings (SSSR count). The molecular formula is C18H19ClN2O2S3. The number of halogens is 1. The van der Waals surface area contributed by atoms with Crippen molar-refractivity contribution >= 4 is 50.0 Å². The Morgan fingerprint density at radius 2 is 2.00 bits per heavy atom. The Morgan fingerprint density at radius 3 is 2.73 bits per heavy atom. The molecule has 0 atom stereocenters. The summed E-state index contributed by atoms with van der Waals surface area (Å²) in [7, 11) is -3.67. The average molecular weight is 427 g/mol. The maximum Gasteiger partial charge on any atom is 0.271 e. The minimum atomic E-state index is -3.67. The van der Waals surface area contributed by atoms with Crippen LogP contribution in [0.25, 0.3) is 10.6 Å². The van der Waals surface area contributed by atoms with Crippen molar-refractivity contribution in [3.8, 4) is 10.6 Å². The zero-order valence-electron chi connectivity index (χ0n) is 14.6. The van der Waals surface area contributed by atoms with Gasteiger partial charge in [-0.05, 0) is 43.0 Å². The van der Waals surface area contributed by atoms with E-state index in [4.69, 9.17) is 11.6 Å². The monoisotopic (exact) mass is 426 g/mol. The van der Waals surface area contributed by atoms with Crippen molar-refractivity contribution < 1.29 is 8.42 Å². The molecular weight excluding hydrogens is 408 g/mol. The fourth-order valence-electron chi connectivity index (χ4n) is 2.43. The number of hydrogen-bond donors (Lipinski definition) is 1. The average Bonchev–Trinajstić information content (AvgIpc) is 3.20. The third-order valence-corrected chi connectivity index (χ3v) is 7.92. The van der Waals surface area contributed by atoms with Crippen LogP contribution in [0.1, 0.15) is 25.1 Å². The molecule has 0 saturated heterocycles. The van der Waals surface area contributed by atoms with E-state index in [1.165, 1.54) is 22.7 Å². The molecule has 0 fully saturated rings. The normalized spacial score (nSPS) is 11.9. The molecule has 26 heavy (non-hydrogen) atoms. The van der Waals surface area contributed by atoms with Crippen molar-refractivity contribution in [2.45, 2.75) is 31.4 Å². The number of hydrogen-bond acceptors (Lipinski definition) is 5. The second-order valence-corrected chi connectivity index (χ2v) is 10.5. The Balaban J connectivity index is 1.84. The molecule has 0 radical (unpaired) electrons. The molecule has 2 aromatic heterocycles. The van der Waals surface area contributed by atoms with E-state index < -0.39 is 10.0 Å². The molecule has 0 aliphatic carbocycles. The van der Waals surface area contributed by atoms with Crippen molar-refractivity contribution in [1.29, 1.82) is 0 Å². The lowest BCUT2D eigenvalue weighted by Gasteiger charge is -2.10. The van der Waals surface area contributed by atoms with E-state index in [0.717, 1.165) is 22.7 Å². The van der Waals surface area contributed by atoms with Crippen LogP contribution in [0.2, 0.25) is 5.02 Å². The molecule has 2 heterocycles. The molecule has 1 aromatic carbocycles. The van der Waals surface area contributed by atoms with E-state index in [9.17, 15) is 8.42 Å². The summed E-state index contributed by atoms with van der Waals surface area (Å²) in [6.07, 6.45) is 0.918. The van der Waals surface area contributed by atoms with E-state index in [1.54, 1.807) is 31.2 Å². The van der Waals surface area contributed by atoms with Crippen molar-refractivity contribution in [3.05, 3.63) is 51.3 Å². The highest BCUT2D eigenvalue weighted by Gasteiger charge is 2.20. The summed E-state index contributed by atoms with van der Waals surface area (Å²) in [5.41, 5.74) is 3.06. The Hall–Kier alpha value is -1.41. The lowest BCUT2D eigenvalue weighted by atomic mass is 10.1. The molecule has 0 bridgehead atoms. The Kier molecular flexibility index (Phi) is 5.72. The number of anilines is 1. The first-order valence-corrected chi connectivity index (χ1v) is 11.7. The molecule has 0 aliphatic rings. The Bertz CT molecular complexity index is 1020. The molecule has 3 aromatic rings. The lowest BCUT2D eigenvalue weighted by molar-refractivity contribution is 0.603. The Morgan fingerprint density at radius 1 is 1.23 bits per heavy atom. The van der Waals surface area contributed by atoms with Gasteiger partial charge < -0.3 is 0 Å². The van der Waals surface area contributed by atoms with E-state index >= 15 is 0 Å². The predicted molar refractivity (Wildman–Crippen MR) is 111 cm³/mol. The highest BCUT2D eigenvalue weighted by Crippen LogP contribution is 2.33. The number of rotatable bonds is 6. The summed E-state index contributed by atoms with van der Waals surface area (Å²) >= 11 is 8.80. The van der Waals surface area contributed by atoms with E-state index in [-0.39, 0.29) is 4.21 Å². The first-order valence-electron chi connectivity index (χ1n) is 8.07. The van der Waals surface area contributed by atoms with Crippen molar-refractivity contribution in [2.24, 2.45) is 5.92 Å². The Labute approximate surface area is 166 Å². The second kappa shape index (κ2) is 7.68. The van der Waals surface area contributed by atoms with Crippen LogP contribution >= 0.6 is 34.3 Å². The summed E-state index contributed by atoms with van der Waals surface area (Å²) in [5, 5.41) is 5.24. The maximum atomic E-state index is 12.7. The molecule has 0 aliphatic heterocycles. The number of nitrogens with one attached hydrogen (secondary N) is 1. The summed E-state index contributed by atoms with van der Waals surface area (Å²) in [5.74, 6) is 0.536. The van der Waals surface area contributed by atoms with Gasteiger partial charge in [-0.15, -0.1) is 22.7 Å². The van der Waals surface area contributed by atoms with E-state index in [1.807, 2.05) is 10.8 Å². The summed E-state index contributed by atoms with van der Waals surface area (Å²) in [6.45, 7) is 6.08. The zero-order valence-corrected chi connectivity index (χ0v) is 17.8. The zero-order chi connectivity index (χ0) is 18.9. The molecule has 0 spiro atoms. The van der Waals surface area contributed by atoms with Gasteiger partial charge in [-0.3, -0.25) is 4.72 Å². The molecule has 0 amide bonds. The minimum Gasteiger partial charge on any atom is -0.279 e. The predicted octanol–water partition coefficient (Wildman–Crippen LogP) is 5.83. The van der Waals surface area contributed by atoms with Crippen LogP contribution in [0.5, 0.6) is 0 Å². The smallest absolute Gasteiger partial charge is 0.271 e. The summed E-state index contributed by atoms with van der Waals surface area (Å²) in [4.78, 5) is 4.62. The SMILES string of the molecule is Cc1c(Cl)cccc1NS(=O)(=O)c1cc(-c2nc(CC(C)C)cs2)cs1. The van der Waals surface area contributed by atoms with Gasteiger partial charge in [0, 0.05) is 21.3 Å². The van der Waals surface area contributed by atoms with Crippen LogP contribution < -0.4 is 4.72 Å². The first kappa shape index (κ1) is 19.4. The third-order valence-electron chi connectivity index (χ3n) is 3.77. The molecule has 138 valence electrons. The fourth-order valence-corrected chi connectivity index (χ4v) is 5.79. The highest BCUT2D eigenvalue weighted by atomic mass is 35.5. The molecule has 4 nitrogen and oxygen atoms in total. The van der Waals surface area contributed by atoms with Gasteiger partial charge in [0.1, 0.15) is 9.22 Å². The topological polar surface area (TPSA) is 59.1 Å². The summed E-state index contributed by atoms with van der Waals surface area (Å²) in [6, 6.07) is 6.82. The van der Waals surface area contributed by atoms with Gasteiger partial charge in [-0.1, -0.05) is 31.5 Å². The van der Waals surface area contributed by atoms with Crippen LogP contribution in [0.15, 0.2) is 39.2 Å². The first-order chi connectivity index (χ1) is 12.3. The number of thiophene rings is 1.